The van der Waals surface area contributed by atoms with Crippen LogP contribution in [0.1, 0.15) is 0 Å². The average molecular weight is 192 g/mol. The van der Waals surface area contributed by atoms with Crippen LogP contribution in [-0.2, 0) is 0 Å². The Kier molecular flexibility index (Phi) is 2.59. The van der Waals surface area contributed by atoms with Crippen LogP contribution in [0, 0.1) is 5.92 Å². The number of anilines is 1. The molecule has 1 saturated heterocycles. The van der Waals surface area contributed by atoms with E-state index in [9.17, 15) is 0 Å². The number of benzene rings is 1. The van der Waals surface area contributed by atoms with Crippen LogP contribution in [0.25, 0.3) is 0 Å². The van der Waals surface area contributed by atoms with Crippen molar-refractivity contribution in [2.45, 2.75) is 0 Å². The van der Waals surface area contributed by atoms with Gasteiger partial charge in [0, 0.05) is 24.7 Å². The Morgan fingerprint density at radius 1 is 1.36 bits per heavy atom. The summed E-state index contributed by atoms with van der Waals surface area (Å²) in [6.45, 7) is 3.11. The van der Waals surface area contributed by atoms with Gasteiger partial charge in [-0.1, -0.05) is 0 Å². The van der Waals surface area contributed by atoms with Gasteiger partial charge in [0.05, 0.1) is 6.61 Å². The summed E-state index contributed by atoms with van der Waals surface area (Å²) in [5.74, 6) is 1.60. The van der Waals surface area contributed by atoms with Crippen molar-refractivity contribution in [2.24, 2.45) is 5.92 Å². The molecule has 1 heterocycles. The lowest BCUT2D eigenvalue weighted by molar-refractivity contribution is 0.0858. The molecule has 1 aromatic rings. The summed E-state index contributed by atoms with van der Waals surface area (Å²) in [5.41, 5.74) is 6.35. The van der Waals surface area contributed by atoms with Gasteiger partial charge in [-0.2, -0.15) is 0 Å². The molecule has 0 aromatic heterocycles. The minimum absolute atomic E-state index is 0.692. The summed E-state index contributed by atoms with van der Waals surface area (Å²) in [6, 6.07) is 7.56. The van der Waals surface area contributed by atoms with E-state index in [0.717, 1.165) is 31.1 Å². The van der Waals surface area contributed by atoms with Crippen LogP contribution < -0.4 is 10.5 Å². The molecule has 0 bridgehead atoms. The monoisotopic (exact) mass is 192 g/mol. The Labute approximate surface area is 84.5 Å². The van der Waals surface area contributed by atoms with Crippen molar-refractivity contribution < 1.29 is 4.74 Å². The summed E-state index contributed by atoms with van der Waals surface area (Å²) in [7, 11) is 2.12. The Bertz CT molecular complexity index is 291. The molecule has 14 heavy (non-hydrogen) atoms. The SMILES string of the molecule is CN1CC(COc2ccc(N)cc2)C1. The molecule has 1 aromatic carbocycles. The topological polar surface area (TPSA) is 38.5 Å². The van der Waals surface area contributed by atoms with Crippen LogP contribution in [-0.4, -0.2) is 31.6 Å². The first-order valence-electron chi connectivity index (χ1n) is 4.91. The maximum absolute atomic E-state index is 5.63. The molecule has 0 aliphatic carbocycles. The average Bonchev–Trinajstić information content (AvgIpc) is 2.13. The van der Waals surface area contributed by atoms with Gasteiger partial charge in [0.15, 0.2) is 0 Å². The van der Waals surface area contributed by atoms with Gasteiger partial charge in [0.2, 0.25) is 0 Å². The van der Waals surface area contributed by atoms with E-state index in [1.54, 1.807) is 0 Å². The van der Waals surface area contributed by atoms with E-state index in [1.165, 1.54) is 0 Å². The first-order chi connectivity index (χ1) is 6.74. The molecule has 76 valence electrons. The van der Waals surface area contributed by atoms with Crippen LogP contribution in [0.3, 0.4) is 0 Å². The summed E-state index contributed by atoms with van der Waals surface area (Å²) < 4.78 is 5.63. The number of nitrogens with two attached hydrogens (primary N) is 1. The van der Waals surface area contributed by atoms with Crippen molar-refractivity contribution in [3.8, 4) is 5.75 Å². The van der Waals surface area contributed by atoms with Crippen LogP contribution in [0.2, 0.25) is 0 Å². The number of nitrogen functional groups attached to an aromatic ring is 1. The number of hydrogen-bond donors (Lipinski definition) is 1. The van der Waals surface area contributed by atoms with Gasteiger partial charge in [-0.3, -0.25) is 0 Å². The zero-order chi connectivity index (χ0) is 9.97. The van der Waals surface area contributed by atoms with Crippen LogP contribution in [0.4, 0.5) is 5.69 Å². The predicted octanol–water partition coefficient (Wildman–Crippen LogP) is 1.21. The molecule has 1 aliphatic rings. The first-order valence-corrected chi connectivity index (χ1v) is 4.91. The van der Waals surface area contributed by atoms with Crippen molar-refractivity contribution in [1.29, 1.82) is 0 Å². The second-order valence-corrected chi connectivity index (χ2v) is 3.97. The third-order valence-corrected chi connectivity index (χ3v) is 2.51. The van der Waals surface area contributed by atoms with E-state index in [1.807, 2.05) is 24.3 Å². The number of ether oxygens (including phenoxy) is 1. The number of likely N-dealkylation sites (tertiary alicyclic amines) is 1. The Morgan fingerprint density at radius 3 is 2.57 bits per heavy atom. The first kappa shape index (κ1) is 9.34. The van der Waals surface area contributed by atoms with E-state index < -0.39 is 0 Å². The molecule has 0 radical (unpaired) electrons. The highest BCUT2D eigenvalue weighted by Crippen LogP contribution is 2.17. The number of nitrogens with zero attached hydrogens (tertiary/aromatic N) is 1. The van der Waals surface area contributed by atoms with Gasteiger partial charge in [-0.25, -0.2) is 0 Å². The van der Waals surface area contributed by atoms with Crippen molar-refractivity contribution in [1.82, 2.24) is 4.90 Å². The smallest absolute Gasteiger partial charge is 0.119 e. The molecule has 0 atom stereocenters. The van der Waals surface area contributed by atoms with Crippen molar-refractivity contribution in [2.75, 3.05) is 32.5 Å². The predicted molar refractivity (Wildman–Crippen MR) is 57.3 cm³/mol. The molecule has 0 amide bonds. The summed E-state index contributed by atoms with van der Waals surface area (Å²) in [6.07, 6.45) is 0. The third kappa shape index (κ3) is 2.17. The van der Waals surface area contributed by atoms with Gasteiger partial charge < -0.3 is 15.4 Å². The second-order valence-electron chi connectivity index (χ2n) is 3.97. The van der Waals surface area contributed by atoms with E-state index in [0.29, 0.717) is 5.92 Å². The van der Waals surface area contributed by atoms with Gasteiger partial charge in [0.1, 0.15) is 5.75 Å². The van der Waals surface area contributed by atoms with Gasteiger partial charge >= 0.3 is 0 Å². The standard InChI is InChI=1S/C11H16N2O/c1-13-6-9(7-13)8-14-11-4-2-10(12)3-5-11/h2-5,9H,6-8,12H2,1H3. The highest BCUT2D eigenvalue weighted by molar-refractivity contribution is 5.41. The molecular weight excluding hydrogens is 176 g/mol. The fraction of sp³-hybridized carbons (Fsp3) is 0.455. The fourth-order valence-electron chi connectivity index (χ4n) is 1.71. The minimum atomic E-state index is 0.692. The Morgan fingerprint density at radius 2 is 2.00 bits per heavy atom. The maximum atomic E-state index is 5.63. The van der Waals surface area contributed by atoms with Gasteiger partial charge in [-0.15, -0.1) is 0 Å². The molecular formula is C11H16N2O. The summed E-state index contributed by atoms with van der Waals surface area (Å²) in [5, 5.41) is 0. The Hall–Kier alpha value is -1.22. The van der Waals surface area contributed by atoms with Crippen LogP contribution >= 0.6 is 0 Å². The maximum Gasteiger partial charge on any atom is 0.119 e. The fourth-order valence-corrected chi connectivity index (χ4v) is 1.71. The van der Waals surface area contributed by atoms with Crippen molar-refractivity contribution >= 4 is 5.69 Å². The van der Waals surface area contributed by atoms with Crippen molar-refractivity contribution in [3.05, 3.63) is 24.3 Å². The van der Waals surface area contributed by atoms with E-state index in [4.69, 9.17) is 10.5 Å². The quantitative estimate of drug-likeness (QED) is 0.731. The summed E-state index contributed by atoms with van der Waals surface area (Å²) >= 11 is 0. The number of hydrogen-bond acceptors (Lipinski definition) is 3. The molecule has 3 nitrogen and oxygen atoms in total. The molecule has 0 unspecified atom stereocenters. The van der Waals surface area contributed by atoms with Gasteiger partial charge in [0.25, 0.3) is 0 Å². The lowest BCUT2D eigenvalue weighted by Gasteiger charge is -2.35. The third-order valence-electron chi connectivity index (χ3n) is 2.51. The molecule has 2 N–H and O–H groups in total. The van der Waals surface area contributed by atoms with Crippen LogP contribution in [0.15, 0.2) is 24.3 Å². The van der Waals surface area contributed by atoms with E-state index >= 15 is 0 Å². The van der Waals surface area contributed by atoms with Crippen molar-refractivity contribution in [3.63, 3.8) is 0 Å². The largest absolute Gasteiger partial charge is 0.493 e. The zero-order valence-corrected chi connectivity index (χ0v) is 8.44. The molecule has 1 aliphatic heterocycles. The lowest BCUT2D eigenvalue weighted by Crippen LogP contribution is -2.46. The van der Waals surface area contributed by atoms with E-state index in [2.05, 4.69) is 11.9 Å². The molecule has 0 spiro atoms. The molecule has 3 heteroatoms. The van der Waals surface area contributed by atoms with Crippen LogP contribution in [0.5, 0.6) is 5.75 Å². The van der Waals surface area contributed by atoms with E-state index in [-0.39, 0.29) is 0 Å². The molecule has 0 saturated carbocycles. The minimum Gasteiger partial charge on any atom is -0.493 e. The molecule has 2 rings (SSSR count). The second kappa shape index (κ2) is 3.88. The number of rotatable bonds is 3. The highest BCUT2D eigenvalue weighted by atomic mass is 16.5. The Balaban J connectivity index is 1.78. The molecule has 1 fully saturated rings. The zero-order valence-electron chi connectivity index (χ0n) is 8.44. The lowest BCUT2D eigenvalue weighted by atomic mass is 10.0. The van der Waals surface area contributed by atoms with Gasteiger partial charge in [-0.05, 0) is 31.3 Å². The highest BCUT2D eigenvalue weighted by Gasteiger charge is 2.23. The summed E-state index contributed by atoms with van der Waals surface area (Å²) in [4.78, 5) is 2.29. The normalized spacial score (nSPS) is 17.8.